The lowest BCUT2D eigenvalue weighted by Crippen LogP contribution is -2.30. The van der Waals surface area contributed by atoms with Crippen molar-refractivity contribution in [3.8, 4) is 0 Å². The molecule has 2 aromatic rings. The van der Waals surface area contributed by atoms with E-state index in [1.807, 2.05) is 18.2 Å². The molecular weight excluding hydrogens is 281 g/mol. The van der Waals surface area contributed by atoms with Crippen LogP contribution in [0.4, 0.5) is 0 Å². The number of likely N-dealkylation sites (N-methyl/N-ethyl adjacent to an activating group) is 1. The number of hydrogen-bond donors (Lipinski definition) is 0. The average Bonchev–Trinajstić information content (AvgIpc) is 2.75. The summed E-state index contributed by atoms with van der Waals surface area (Å²) in [4.78, 5) is 6.84. The van der Waals surface area contributed by atoms with Crippen LogP contribution in [-0.4, -0.2) is 34.1 Å². The van der Waals surface area contributed by atoms with E-state index in [4.69, 9.17) is 23.2 Å². The SMILES string of the molecule is CC(C)N(C)CCn1c(CCl)nc2cccc(Cl)c21. The van der Waals surface area contributed by atoms with Crippen molar-refractivity contribution in [3.63, 3.8) is 0 Å². The van der Waals surface area contributed by atoms with Crippen molar-refractivity contribution < 1.29 is 0 Å². The third kappa shape index (κ3) is 3.04. The molecule has 0 saturated carbocycles. The summed E-state index contributed by atoms with van der Waals surface area (Å²) in [5, 5.41) is 0.730. The summed E-state index contributed by atoms with van der Waals surface area (Å²) >= 11 is 12.3. The molecule has 3 nitrogen and oxygen atoms in total. The van der Waals surface area contributed by atoms with Gasteiger partial charge in [0, 0.05) is 19.1 Å². The van der Waals surface area contributed by atoms with E-state index in [9.17, 15) is 0 Å². The van der Waals surface area contributed by atoms with E-state index in [2.05, 4.69) is 35.3 Å². The summed E-state index contributed by atoms with van der Waals surface area (Å²) in [7, 11) is 2.12. The minimum atomic E-state index is 0.399. The van der Waals surface area contributed by atoms with Gasteiger partial charge in [0.15, 0.2) is 0 Å². The molecule has 2 rings (SSSR count). The van der Waals surface area contributed by atoms with E-state index in [1.165, 1.54) is 0 Å². The Labute approximate surface area is 124 Å². The third-order valence-corrected chi connectivity index (χ3v) is 4.02. The van der Waals surface area contributed by atoms with Gasteiger partial charge in [-0.3, -0.25) is 0 Å². The molecule has 1 aromatic heterocycles. The minimum Gasteiger partial charge on any atom is -0.324 e. The minimum absolute atomic E-state index is 0.399. The van der Waals surface area contributed by atoms with Gasteiger partial charge in [-0.05, 0) is 33.0 Å². The summed E-state index contributed by atoms with van der Waals surface area (Å²) in [6, 6.07) is 6.30. The smallest absolute Gasteiger partial charge is 0.124 e. The van der Waals surface area contributed by atoms with Gasteiger partial charge in [0.25, 0.3) is 0 Å². The number of benzene rings is 1. The lowest BCUT2D eigenvalue weighted by atomic mass is 10.3. The van der Waals surface area contributed by atoms with E-state index in [1.54, 1.807) is 0 Å². The predicted molar refractivity (Wildman–Crippen MR) is 82.1 cm³/mol. The first kappa shape index (κ1) is 14.6. The van der Waals surface area contributed by atoms with Crippen LogP contribution in [0.3, 0.4) is 0 Å². The summed E-state index contributed by atoms with van der Waals surface area (Å²) < 4.78 is 2.13. The van der Waals surface area contributed by atoms with Crippen molar-refractivity contribution in [2.75, 3.05) is 13.6 Å². The number of halogens is 2. The lowest BCUT2D eigenvalue weighted by Gasteiger charge is -2.21. The van der Waals surface area contributed by atoms with Crippen LogP contribution in [0.25, 0.3) is 11.0 Å². The molecule has 0 fully saturated rings. The summed E-state index contributed by atoms with van der Waals surface area (Å²) in [6.45, 7) is 6.15. The maximum absolute atomic E-state index is 6.29. The largest absolute Gasteiger partial charge is 0.324 e. The van der Waals surface area contributed by atoms with Crippen molar-refractivity contribution in [2.24, 2.45) is 0 Å². The van der Waals surface area contributed by atoms with Gasteiger partial charge in [-0.2, -0.15) is 0 Å². The maximum Gasteiger partial charge on any atom is 0.124 e. The van der Waals surface area contributed by atoms with Gasteiger partial charge in [0.1, 0.15) is 5.82 Å². The Balaban J connectivity index is 2.35. The standard InChI is InChI=1S/C14H19Cl2N3/c1-10(2)18(3)7-8-19-13(9-15)17-12-6-4-5-11(16)14(12)19/h4-6,10H,7-9H2,1-3H3. The van der Waals surface area contributed by atoms with Gasteiger partial charge < -0.3 is 9.47 Å². The van der Waals surface area contributed by atoms with Crippen molar-refractivity contribution >= 4 is 34.2 Å². The van der Waals surface area contributed by atoms with E-state index < -0.39 is 0 Å². The average molecular weight is 300 g/mol. The number of nitrogens with zero attached hydrogens (tertiary/aromatic N) is 3. The number of aromatic nitrogens is 2. The monoisotopic (exact) mass is 299 g/mol. The normalized spacial score (nSPS) is 11.9. The van der Waals surface area contributed by atoms with Crippen molar-refractivity contribution in [2.45, 2.75) is 32.3 Å². The van der Waals surface area contributed by atoms with Gasteiger partial charge in [0.05, 0.1) is 21.9 Å². The van der Waals surface area contributed by atoms with Crippen molar-refractivity contribution in [1.82, 2.24) is 14.5 Å². The predicted octanol–water partition coefficient (Wildman–Crippen LogP) is 3.77. The van der Waals surface area contributed by atoms with Crippen LogP contribution < -0.4 is 0 Å². The highest BCUT2D eigenvalue weighted by atomic mass is 35.5. The van der Waals surface area contributed by atoms with Crippen LogP contribution in [0.1, 0.15) is 19.7 Å². The molecule has 0 atom stereocenters. The Morgan fingerprint density at radius 3 is 2.74 bits per heavy atom. The molecule has 5 heteroatoms. The molecule has 0 aliphatic carbocycles. The van der Waals surface area contributed by atoms with Crippen LogP contribution in [0, 0.1) is 0 Å². The number of para-hydroxylation sites is 1. The van der Waals surface area contributed by atoms with Crippen LogP contribution in [0.2, 0.25) is 5.02 Å². The third-order valence-electron chi connectivity index (χ3n) is 3.47. The van der Waals surface area contributed by atoms with Crippen LogP contribution >= 0.6 is 23.2 Å². The highest BCUT2D eigenvalue weighted by Gasteiger charge is 2.13. The molecule has 0 amide bonds. The van der Waals surface area contributed by atoms with Gasteiger partial charge in [-0.25, -0.2) is 4.98 Å². The lowest BCUT2D eigenvalue weighted by molar-refractivity contribution is 0.263. The molecule has 0 N–H and O–H groups in total. The Morgan fingerprint density at radius 1 is 1.37 bits per heavy atom. The van der Waals surface area contributed by atoms with Crippen LogP contribution in [-0.2, 0) is 12.4 Å². The second-order valence-corrected chi connectivity index (χ2v) is 5.67. The topological polar surface area (TPSA) is 21.1 Å². The number of imidazole rings is 1. The number of alkyl halides is 1. The molecule has 1 aromatic carbocycles. The molecule has 0 saturated heterocycles. The van der Waals surface area contributed by atoms with E-state index in [0.29, 0.717) is 11.9 Å². The fourth-order valence-corrected chi connectivity index (χ4v) is 2.52. The van der Waals surface area contributed by atoms with E-state index in [0.717, 1.165) is 35.0 Å². The molecule has 0 bridgehead atoms. The number of rotatable bonds is 5. The molecule has 0 aliphatic rings. The molecule has 0 aliphatic heterocycles. The molecule has 0 radical (unpaired) electrons. The van der Waals surface area contributed by atoms with E-state index in [-0.39, 0.29) is 0 Å². The molecule has 19 heavy (non-hydrogen) atoms. The summed E-state index contributed by atoms with van der Waals surface area (Å²) in [6.07, 6.45) is 0. The van der Waals surface area contributed by atoms with Crippen molar-refractivity contribution in [1.29, 1.82) is 0 Å². The molecule has 0 spiro atoms. The number of hydrogen-bond acceptors (Lipinski definition) is 2. The Morgan fingerprint density at radius 2 is 2.11 bits per heavy atom. The molecule has 0 unspecified atom stereocenters. The molecular formula is C14H19Cl2N3. The highest BCUT2D eigenvalue weighted by molar-refractivity contribution is 6.35. The zero-order valence-electron chi connectivity index (χ0n) is 11.5. The first-order valence-electron chi connectivity index (χ1n) is 6.44. The first-order valence-corrected chi connectivity index (χ1v) is 7.35. The maximum atomic E-state index is 6.29. The fraction of sp³-hybridized carbons (Fsp3) is 0.500. The first-order chi connectivity index (χ1) is 9.04. The van der Waals surface area contributed by atoms with Crippen molar-refractivity contribution in [3.05, 3.63) is 29.0 Å². The number of fused-ring (bicyclic) bond motifs is 1. The van der Waals surface area contributed by atoms with Gasteiger partial charge in [0.2, 0.25) is 0 Å². The van der Waals surface area contributed by atoms with Crippen LogP contribution in [0.5, 0.6) is 0 Å². The Kier molecular flexibility index (Phi) is 4.71. The molecule has 104 valence electrons. The van der Waals surface area contributed by atoms with Gasteiger partial charge in [-0.1, -0.05) is 17.7 Å². The molecule has 1 heterocycles. The summed E-state index contributed by atoms with van der Waals surface area (Å²) in [5.74, 6) is 1.28. The Bertz CT molecular complexity index is 563. The van der Waals surface area contributed by atoms with E-state index >= 15 is 0 Å². The van der Waals surface area contributed by atoms with Crippen LogP contribution in [0.15, 0.2) is 18.2 Å². The van der Waals surface area contributed by atoms with Gasteiger partial charge >= 0.3 is 0 Å². The zero-order valence-corrected chi connectivity index (χ0v) is 13.0. The second-order valence-electron chi connectivity index (χ2n) is 5.00. The van der Waals surface area contributed by atoms with Gasteiger partial charge in [-0.15, -0.1) is 11.6 Å². The fourth-order valence-electron chi connectivity index (χ4n) is 2.05. The second kappa shape index (κ2) is 6.12. The summed E-state index contributed by atoms with van der Waals surface area (Å²) in [5.41, 5.74) is 1.90. The Hall–Kier alpha value is -0.770. The zero-order chi connectivity index (χ0) is 14.0. The quantitative estimate of drug-likeness (QED) is 0.784. The highest BCUT2D eigenvalue weighted by Crippen LogP contribution is 2.25.